The normalized spacial score (nSPS) is 11.2. The van der Waals surface area contributed by atoms with Crippen LogP contribution >= 0.6 is 0 Å². The van der Waals surface area contributed by atoms with Gasteiger partial charge in [-0.2, -0.15) is 0 Å². The second kappa shape index (κ2) is 10.4. The van der Waals surface area contributed by atoms with Crippen molar-refractivity contribution >= 4 is 11.6 Å². The summed E-state index contributed by atoms with van der Waals surface area (Å²) in [6.45, 7) is 5.53. The molecule has 0 bridgehead atoms. The van der Waals surface area contributed by atoms with Gasteiger partial charge in [-0.3, -0.25) is 9.59 Å². The molecule has 0 fully saturated rings. The third-order valence-electron chi connectivity index (χ3n) is 2.64. The Bertz CT molecular complexity index is 371. The zero-order valence-electron chi connectivity index (χ0n) is 12.3. The van der Waals surface area contributed by atoms with E-state index in [9.17, 15) is 9.59 Å². The molecule has 3 heteroatoms. The van der Waals surface area contributed by atoms with Crippen molar-refractivity contribution in [2.45, 2.75) is 46.1 Å². The average molecular weight is 264 g/mol. The maximum atomic E-state index is 11.8. The van der Waals surface area contributed by atoms with Crippen molar-refractivity contribution < 1.29 is 14.3 Å². The van der Waals surface area contributed by atoms with Crippen LogP contribution in [0.2, 0.25) is 0 Å². The standard InChI is InChI=1S/C14H18O3.C2H6/c1-11(15)10-13(17-2)8-9-14(16)12-6-4-3-5-7-12;1-2/h3-7,13H,8-10H2,1-2H3;1-2H3. The van der Waals surface area contributed by atoms with E-state index >= 15 is 0 Å². The fourth-order valence-corrected chi connectivity index (χ4v) is 1.68. The Labute approximate surface area is 116 Å². The molecule has 0 amide bonds. The number of hydrogen-bond acceptors (Lipinski definition) is 3. The SMILES string of the molecule is CC.COC(CCC(=O)c1ccccc1)CC(C)=O. The fraction of sp³-hybridized carbons (Fsp3) is 0.500. The Hall–Kier alpha value is -1.48. The molecule has 0 aliphatic heterocycles. The van der Waals surface area contributed by atoms with E-state index < -0.39 is 0 Å². The van der Waals surface area contributed by atoms with Gasteiger partial charge in [-0.15, -0.1) is 0 Å². The van der Waals surface area contributed by atoms with Gasteiger partial charge in [0.1, 0.15) is 5.78 Å². The summed E-state index contributed by atoms with van der Waals surface area (Å²) < 4.78 is 5.17. The third kappa shape index (κ3) is 7.52. The van der Waals surface area contributed by atoms with Gasteiger partial charge in [0.25, 0.3) is 0 Å². The highest BCUT2D eigenvalue weighted by atomic mass is 16.5. The van der Waals surface area contributed by atoms with Crippen LogP contribution < -0.4 is 0 Å². The monoisotopic (exact) mass is 264 g/mol. The molecule has 1 aromatic carbocycles. The number of Topliss-reactive ketones (excluding diaryl/α,β-unsaturated/α-hetero) is 2. The van der Waals surface area contributed by atoms with Gasteiger partial charge in [0.2, 0.25) is 0 Å². The van der Waals surface area contributed by atoms with Crippen molar-refractivity contribution in [2.75, 3.05) is 7.11 Å². The average Bonchev–Trinajstić information content (AvgIpc) is 2.45. The minimum atomic E-state index is -0.153. The van der Waals surface area contributed by atoms with Crippen LogP contribution in [-0.4, -0.2) is 24.8 Å². The van der Waals surface area contributed by atoms with Crippen molar-refractivity contribution in [1.82, 2.24) is 0 Å². The van der Waals surface area contributed by atoms with E-state index in [0.29, 0.717) is 24.8 Å². The molecular formula is C16H24O3. The number of hydrogen-bond donors (Lipinski definition) is 0. The topological polar surface area (TPSA) is 43.4 Å². The molecule has 1 atom stereocenters. The van der Waals surface area contributed by atoms with Crippen LogP contribution in [0.4, 0.5) is 0 Å². The Balaban J connectivity index is 0.00000154. The second-order valence-corrected chi connectivity index (χ2v) is 4.09. The molecule has 0 saturated heterocycles. The fourth-order valence-electron chi connectivity index (χ4n) is 1.68. The summed E-state index contributed by atoms with van der Waals surface area (Å²) in [5.74, 6) is 0.181. The van der Waals surface area contributed by atoms with E-state index in [2.05, 4.69) is 0 Å². The Kier molecular flexibility index (Phi) is 9.63. The van der Waals surface area contributed by atoms with Crippen LogP contribution in [0, 0.1) is 0 Å². The summed E-state index contributed by atoms with van der Waals surface area (Å²) in [5, 5.41) is 0. The highest BCUT2D eigenvalue weighted by Crippen LogP contribution is 2.11. The highest BCUT2D eigenvalue weighted by Gasteiger charge is 2.13. The lowest BCUT2D eigenvalue weighted by atomic mass is 10.0. The van der Waals surface area contributed by atoms with E-state index in [1.807, 2.05) is 32.0 Å². The molecule has 0 aliphatic carbocycles. The summed E-state index contributed by atoms with van der Waals surface area (Å²) in [5.41, 5.74) is 0.713. The van der Waals surface area contributed by atoms with E-state index in [1.165, 1.54) is 6.92 Å². The van der Waals surface area contributed by atoms with Crippen molar-refractivity contribution in [3.8, 4) is 0 Å². The van der Waals surface area contributed by atoms with Gasteiger partial charge in [0.05, 0.1) is 6.10 Å². The summed E-state index contributed by atoms with van der Waals surface area (Å²) in [6, 6.07) is 9.17. The molecular weight excluding hydrogens is 240 g/mol. The summed E-state index contributed by atoms with van der Waals surface area (Å²) in [4.78, 5) is 22.8. The molecule has 0 saturated carbocycles. The summed E-state index contributed by atoms with van der Waals surface area (Å²) in [7, 11) is 1.57. The predicted molar refractivity (Wildman–Crippen MR) is 77.4 cm³/mol. The van der Waals surface area contributed by atoms with Gasteiger partial charge in [0, 0.05) is 25.5 Å². The van der Waals surface area contributed by atoms with E-state index in [-0.39, 0.29) is 17.7 Å². The molecule has 0 aliphatic rings. The molecule has 0 aromatic heterocycles. The lowest BCUT2D eigenvalue weighted by Gasteiger charge is -2.12. The first kappa shape index (κ1) is 17.5. The van der Waals surface area contributed by atoms with Crippen molar-refractivity contribution in [2.24, 2.45) is 0 Å². The number of rotatable bonds is 7. The highest BCUT2D eigenvalue weighted by molar-refractivity contribution is 5.96. The van der Waals surface area contributed by atoms with Crippen LogP contribution in [0.3, 0.4) is 0 Å². The smallest absolute Gasteiger partial charge is 0.162 e. The molecule has 0 spiro atoms. The van der Waals surface area contributed by atoms with Crippen molar-refractivity contribution in [3.05, 3.63) is 35.9 Å². The van der Waals surface area contributed by atoms with Gasteiger partial charge in [-0.1, -0.05) is 44.2 Å². The Morgan fingerprint density at radius 1 is 1.16 bits per heavy atom. The van der Waals surface area contributed by atoms with Gasteiger partial charge in [-0.05, 0) is 13.3 Å². The van der Waals surface area contributed by atoms with Gasteiger partial charge in [0.15, 0.2) is 5.78 Å². The van der Waals surface area contributed by atoms with E-state index in [4.69, 9.17) is 4.74 Å². The van der Waals surface area contributed by atoms with Crippen molar-refractivity contribution in [3.63, 3.8) is 0 Å². The minimum Gasteiger partial charge on any atom is -0.381 e. The molecule has 3 nitrogen and oxygen atoms in total. The molecule has 1 unspecified atom stereocenters. The van der Waals surface area contributed by atoms with Crippen LogP contribution in [0.1, 0.15) is 50.4 Å². The molecule has 0 N–H and O–H groups in total. The second-order valence-electron chi connectivity index (χ2n) is 4.09. The maximum absolute atomic E-state index is 11.8. The third-order valence-corrected chi connectivity index (χ3v) is 2.64. The summed E-state index contributed by atoms with van der Waals surface area (Å²) >= 11 is 0. The Morgan fingerprint density at radius 3 is 2.21 bits per heavy atom. The van der Waals surface area contributed by atoms with Gasteiger partial charge < -0.3 is 4.74 Å². The largest absolute Gasteiger partial charge is 0.381 e. The lowest BCUT2D eigenvalue weighted by Crippen LogP contribution is -2.16. The van der Waals surface area contributed by atoms with Crippen LogP contribution in [-0.2, 0) is 9.53 Å². The zero-order chi connectivity index (χ0) is 14.7. The zero-order valence-corrected chi connectivity index (χ0v) is 12.3. The summed E-state index contributed by atoms with van der Waals surface area (Å²) in [6.07, 6.45) is 1.22. The molecule has 106 valence electrons. The number of carbonyl (C=O) groups is 2. The van der Waals surface area contributed by atoms with E-state index in [1.54, 1.807) is 19.2 Å². The molecule has 1 rings (SSSR count). The number of ketones is 2. The first-order valence-electron chi connectivity index (χ1n) is 6.74. The molecule has 19 heavy (non-hydrogen) atoms. The van der Waals surface area contributed by atoms with Crippen LogP contribution in [0.5, 0.6) is 0 Å². The molecule has 0 radical (unpaired) electrons. The van der Waals surface area contributed by atoms with Gasteiger partial charge in [-0.25, -0.2) is 0 Å². The van der Waals surface area contributed by atoms with E-state index in [0.717, 1.165) is 0 Å². The van der Waals surface area contributed by atoms with Crippen molar-refractivity contribution in [1.29, 1.82) is 0 Å². The predicted octanol–water partition coefficient (Wildman–Crippen LogP) is 3.67. The lowest BCUT2D eigenvalue weighted by molar-refractivity contribution is -0.119. The number of carbonyl (C=O) groups excluding carboxylic acids is 2. The van der Waals surface area contributed by atoms with Gasteiger partial charge >= 0.3 is 0 Å². The Morgan fingerprint density at radius 2 is 1.74 bits per heavy atom. The minimum absolute atomic E-state index is 0.0870. The van der Waals surface area contributed by atoms with Crippen LogP contribution in [0.15, 0.2) is 30.3 Å². The first-order valence-corrected chi connectivity index (χ1v) is 6.74. The number of methoxy groups -OCH3 is 1. The number of benzene rings is 1. The maximum Gasteiger partial charge on any atom is 0.162 e. The first-order chi connectivity index (χ1) is 9.13. The van der Waals surface area contributed by atoms with Crippen LogP contribution in [0.25, 0.3) is 0 Å². The molecule has 1 aromatic rings. The quantitative estimate of drug-likeness (QED) is 0.706. The molecule has 0 heterocycles. The number of ether oxygens (including phenoxy) is 1.